The minimum absolute atomic E-state index is 0.201. The number of nitrogens with one attached hydrogen (secondary N) is 2. The van der Waals surface area contributed by atoms with Gasteiger partial charge >= 0.3 is 6.61 Å². The molecule has 158 valence electrons. The van der Waals surface area contributed by atoms with Crippen molar-refractivity contribution in [1.29, 1.82) is 0 Å². The van der Waals surface area contributed by atoms with Crippen LogP contribution in [0.1, 0.15) is 21.5 Å². The van der Waals surface area contributed by atoms with Crippen molar-refractivity contribution in [1.82, 2.24) is 10.6 Å². The lowest BCUT2D eigenvalue weighted by molar-refractivity contribution is -0.114. The largest absolute Gasteiger partial charge is 0.504 e. The molecule has 0 atom stereocenters. The molecular formula is C22H16F2N2O4S. The first-order valence-corrected chi connectivity index (χ1v) is 10.1. The Balaban J connectivity index is 1.57. The number of hydrogen-bond acceptors (Lipinski definition) is 6. The van der Waals surface area contributed by atoms with E-state index in [1.165, 1.54) is 24.4 Å². The molecule has 31 heavy (non-hydrogen) atoms. The number of thiophene rings is 1. The molecule has 9 heteroatoms. The maximum Gasteiger partial charge on any atom is 0.387 e. The number of amides is 2. The molecule has 6 nitrogen and oxygen atoms in total. The number of benzene rings is 2. The van der Waals surface area contributed by atoms with E-state index in [0.717, 1.165) is 11.1 Å². The van der Waals surface area contributed by atoms with Gasteiger partial charge in [-0.3, -0.25) is 14.9 Å². The van der Waals surface area contributed by atoms with Gasteiger partial charge in [-0.2, -0.15) is 20.1 Å². The summed E-state index contributed by atoms with van der Waals surface area (Å²) >= 11 is 1.55. The predicted octanol–water partition coefficient (Wildman–Crippen LogP) is 4.12. The van der Waals surface area contributed by atoms with Gasteiger partial charge in [0.25, 0.3) is 11.8 Å². The molecule has 1 aromatic heterocycles. The quantitative estimate of drug-likeness (QED) is 0.395. The minimum atomic E-state index is -3.04. The summed E-state index contributed by atoms with van der Waals surface area (Å²) in [6, 6.07) is 11.3. The van der Waals surface area contributed by atoms with E-state index in [2.05, 4.69) is 15.4 Å². The molecule has 3 N–H and O–H groups in total. The van der Waals surface area contributed by atoms with Crippen LogP contribution in [-0.2, 0) is 11.3 Å². The Labute approximate surface area is 179 Å². The number of fused-ring (bicyclic) bond motifs is 1. The Bertz CT molecular complexity index is 1180. The molecule has 2 heterocycles. The van der Waals surface area contributed by atoms with E-state index in [-0.39, 0.29) is 17.9 Å². The molecule has 3 aromatic rings. The highest BCUT2D eigenvalue weighted by Gasteiger charge is 2.27. The summed E-state index contributed by atoms with van der Waals surface area (Å²) in [5.41, 5.74) is 3.63. The molecule has 1 aliphatic heterocycles. The van der Waals surface area contributed by atoms with E-state index in [1.807, 2.05) is 22.9 Å². The molecule has 0 fully saturated rings. The first kappa shape index (κ1) is 20.5. The summed E-state index contributed by atoms with van der Waals surface area (Å²) in [6.07, 6.45) is 1.48. The van der Waals surface area contributed by atoms with Crippen LogP contribution in [0.4, 0.5) is 8.78 Å². The molecule has 2 amide bonds. The van der Waals surface area contributed by atoms with Crippen LogP contribution in [0.5, 0.6) is 11.5 Å². The number of aromatic hydroxyl groups is 1. The summed E-state index contributed by atoms with van der Waals surface area (Å²) in [7, 11) is 0. The zero-order valence-corrected chi connectivity index (χ0v) is 16.7. The Hall–Kier alpha value is -3.72. The van der Waals surface area contributed by atoms with Gasteiger partial charge in [0.2, 0.25) is 0 Å². The van der Waals surface area contributed by atoms with Crippen LogP contribution in [0.2, 0.25) is 0 Å². The zero-order valence-electron chi connectivity index (χ0n) is 15.9. The Morgan fingerprint density at radius 2 is 1.90 bits per heavy atom. The van der Waals surface area contributed by atoms with Crippen molar-refractivity contribution in [2.45, 2.75) is 13.2 Å². The lowest BCUT2D eigenvalue weighted by Gasteiger charge is -2.19. The number of carbonyl (C=O) groups is 2. The van der Waals surface area contributed by atoms with E-state index in [0.29, 0.717) is 16.7 Å². The average Bonchev–Trinajstić information content (AvgIpc) is 3.26. The Kier molecular flexibility index (Phi) is 5.68. The molecular weight excluding hydrogens is 426 g/mol. The number of rotatable bonds is 6. The topological polar surface area (TPSA) is 87.7 Å². The highest BCUT2D eigenvalue weighted by Crippen LogP contribution is 2.31. The number of phenolic OH excluding ortho intramolecular Hbond substituents is 1. The van der Waals surface area contributed by atoms with Crippen LogP contribution < -0.4 is 15.4 Å². The fourth-order valence-corrected chi connectivity index (χ4v) is 3.88. The van der Waals surface area contributed by atoms with Crippen LogP contribution in [0.25, 0.3) is 16.7 Å². The predicted molar refractivity (Wildman–Crippen MR) is 112 cm³/mol. The fourth-order valence-electron chi connectivity index (χ4n) is 3.22. The molecule has 1 aliphatic rings. The molecule has 0 saturated heterocycles. The van der Waals surface area contributed by atoms with Gasteiger partial charge in [0.1, 0.15) is 0 Å². The van der Waals surface area contributed by atoms with Crippen molar-refractivity contribution in [2.75, 3.05) is 0 Å². The van der Waals surface area contributed by atoms with Crippen molar-refractivity contribution < 1.29 is 28.2 Å². The molecule has 0 aliphatic carbocycles. The molecule has 0 unspecified atom stereocenters. The number of alkyl halides is 2. The van der Waals surface area contributed by atoms with Gasteiger partial charge in [-0.05, 0) is 57.8 Å². The first-order chi connectivity index (χ1) is 14.9. The van der Waals surface area contributed by atoms with Crippen molar-refractivity contribution >= 4 is 28.7 Å². The van der Waals surface area contributed by atoms with E-state index in [9.17, 15) is 23.5 Å². The molecule has 0 spiro atoms. The van der Waals surface area contributed by atoms with Gasteiger partial charge in [0, 0.05) is 23.9 Å². The monoisotopic (exact) mass is 442 g/mol. The van der Waals surface area contributed by atoms with Crippen LogP contribution in [-0.4, -0.2) is 23.5 Å². The van der Waals surface area contributed by atoms with Crippen LogP contribution in [0, 0.1) is 0 Å². The second-order valence-corrected chi connectivity index (χ2v) is 7.46. The highest BCUT2D eigenvalue weighted by atomic mass is 32.1. The first-order valence-electron chi connectivity index (χ1n) is 9.15. The molecule has 0 radical (unpaired) electrons. The van der Waals surface area contributed by atoms with Crippen LogP contribution in [0.15, 0.2) is 59.4 Å². The molecule has 0 saturated carbocycles. The third kappa shape index (κ3) is 4.41. The van der Waals surface area contributed by atoms with E-state index in [1.54, 1.807) is 23.5 Å². The van der Waals surface area contributed by atoms with Gasteiger partial charge in [-0.15, -0.1) is 0 Å². The van der Waals surface area contributed by atoms with E-state index >= 15 is 0 Å². The number of carbonyl (C=O) groups excluding carboxylic acids is 2. The highest BCUT2D eigenvalue weighted by molar-refractivity contribution is 7.08. The second-order valence-electron chi connectivity index (χ2n) is 6.68. The SMILES string of the molecule is O=C1NC(=O)c2ccc(-c3ccsc3)cc2C1=CNCc1ccc(OC(F)F)c(O)c1. The standard InChI is InChI=1S/C22H16F2N2O4S/c23-22(24)30-19-4-1-12(7-18(19)27)9-25-10-17-16-8-13(14-5-6-31-11-14)2-3-15(16)20(28)26-21(17)29/h1-8,10-11,22,25,27H,9H2,(H,26,28,29). The van der Waals surface area contributed by atoms with Gasteiger partial charge in [0.05, 0.1) is 5.57 Å². The minimum Gasteiger partial charge on any atom is -0.504 e. The third-order valence-electron chi connectivity index (χ3n) is 4.67. The molecule has 0 bridgehead atoms. The van der Waals surface area contributed by atoms with Crippen LogP contribution in [0.3, 0.4) is 0 Å². The van der Waals surface area contributed by atoms with Gasteiger partial charge in [0.15, 0.2) is 11.5 Å². The number of phenols is 1. The lowest BCUT2D eigenvalue weighted by Crippen LogP contribution is -2.37. The second kappa shape index (κ2) is 8.57. The summed E-state index contributed by atoms with van der Waals surface area (Å²) in [5.74, 6) is -1.74. The summed E-state index contributed by atoms with van der Waals surface area (Å²) in [4.78, 5) is 24.7. The fraction of sp³-hybridized carbons (Fsp3) is 0.0909. The van der Waals surface area contributed by atoms with Crippen molar-refractivity contribution in [3.63, 3.8) is 0 Å². The Morgan fingerprint density at radius 1 is 1.06 bits per heavy atom. The number of halogens is 2. The van der Waals surface area contributed by atoms with Gasteiger partial charge in [-0.25, -0.2) is 0 Å². The smallest absolute Gasteiger partial charge is 0.387 e. The molecule has 2 aromatic carbocycles. The van der Waals surface area contributed by atoms with Crippen molar-refractivity contribution in [3.05, 3.63) is 76.1 Å². The lowest BCUT2D eigenvalue weighted by atomic mass is 9.92. The maximum atomic E-state index is 12.4. The maximum absolute atomic E-state index is 12.4. The average molecular weight is 442 g/mol. The van der Waals surface area contributed by atoms with E-state index < -0.39 is 24.2 Å². The van der Waals surface area contributed by atoms with Gasteiger partial charge < -0.3 is 15.2 Å². The molecule has 4 rings (SSSR count). The summed E-state index contributed by atoms with van der Waals surface area (Å²) in [5, 5.41) is 19.0. The number of hydrogen-bond donors (Lipinski definition) is 3. The van der Waals surface area contributed by atoms with Gasteiger partial charge in [-0.1, -0.05) is 12.1 Å². The Morgan fingerprint density at radius 3 is 2.61 bits per heavy atom. The van der Waals surface area contributed by atoms with Crippen LogP contribution >= 0.6 is 11.3 Å². The summed E-state index contributed by atoms with van der Waals surface area (Å²) < 4.78 is 28.8. The van der Waals surface area contributed by atoms with Crippen molar-refractivity contribution in [3.8, 4) is 22.6 Å². The van der Waals surface area contributed by atoms with E-state index in [4.69, 9.17) is 0 Å². The zero-order chi connectivity index (χ0) is 22.0. The third-order valence-corrected chi connectivity index (χ3v) is 5.36. The summed E-state index contributed by atoms with van der Waals surface area (Å²) in [6.45, 7) is -2.83. The number of imide groups is 1. The number of ether oxygens (including phenoxy) is 1. The van der Waals surface area contributed by atoms with Crippen molar-refractivity contribution in [2.24, 2.45) is 0 Å². The normalized spacial score (nSPS) is 14.5.